The molecule has 21 heavy (non-hydrogen) atoms. The van der Waals surface area contributed by atoms with Crippen molar-refractivity contribution in [1.29, 1.82) is 0 Å². The van der Waals surface area contributed by atoms with Gasteiger partial charge in [0, 0.05) is 11.8 Å². The first-order valence-corrected chi connectivity index (χ1v) is 5.91. The van der Waals surface area contributed by atoms with Gasteiger partial charge in [0.1, 0.15) is 16.8 Å². The van der Waals surface area contributed by atoms with Crippen LogP contribution in [0.3, 0.4) is 0 Å². The molecule has 0 spiro atoms. The molecule has 0 unspecified atom stereocenters. The minimum Gasteiger partial charge on any atom is -0.384 e. The molecular formula is C12H8ClF3N4O. The van der Waals surface area contributed by atoms with E-state index in [1.54, 1.807) is 0 Å². The number of nitrogens with one attached hydrogen (secondary N) is 1. The van der Waals surface area contributed by atoms with E-state index >= 15 is 0 Å². The summed E-state index contributed by atoms with van der Waals surface area (Å²) >= 11 is 5.65. The first kappa shape index (κ1) is 15.0. The van der Waals surface area contributed by atoms with Crippen LogP contribution in [0, 0.1) is 0 Å². The molecule has 0 saturated carbocycles. The summed E-state index contributed by atoms with van der Waals surface area (Å²) in [5.41, 5.74) is 4.58. The van der Waals surface area contributed by atoms with Gasteiger partial charge in [-0.1, -0.05) is 11.6 Å². The van der Waals surface area contributed by atoms with Crippen molar-refractivity contribution >= 4 is 29.1 Å². The fourth-order valence-corrected chi connectivity index (χ4v) is 1.73. The highest BCUT2D eigenvalue weighted by atomic mass is 35.5. The molecule has 2 aromatic rings. The Labute approximate surface area is 122 Å². The van der Waals surface area contributed by atoms with Gasteiger partial charge in [0.25, 0.3) is 5.91 Å². The first-order valence-electron chi connectivity index (χ1n) is 5.53. The highest BCUT2D eigenvalue weighted by molar-refractivity contribution is 6.30. The van der Waals surface area contributed by atoms with E-state index in [1.165, 1.54) is 12.1 Å². The predicted molar refractivity (Wildman–Crippen MR) is 70.9 cm³/mol. The fourth-order valence-electron chi connectivity index (χ4n) is 1.51. The average molecular weight is 317 g/mol. The van der Waals surface area contributed by atoms with E-state index in [1.807, 2.05) is 0 Å². The molecule has 2 rings (SSSR count). The summed E-state index contributed by atoms with van der Waals surface area (Å²) in [5.74, 6) is -0.913. The normalized spacial score (nSPS) is 11.2. The Balaban J connectivity index is 2.23. The molecule has 0 bridgehead atoms. The number of rotatable bonds is 2. The molecule has 3 N–H and O–H groups in total. The van der Waals surface area contributed by atoms with E-state index in [0.717, 1.165) is 18.3 Å². The summed E-state index contributed by atoms with van der Waals surface area (Å²) < 4.78 is 37.7. The zero-order valence-electron chi connectivity index (χ0n) is 10.3. The summed E-state index contributed by atoms with van der Waals surface area (Å²) in [6.45, 7) is 0. The lowest BCUT2D eigenvalue weighted by Crippen LogP contribution is -2.15. The van der Waals surface area contributed by atoms with Crippen LogP contribution in [0.1, 0.15) is 15.9 Å². The summed E-state index contributed by atoms with van der Waals surface area (Å²) in [4.78, 5) is 19.2. The van der Waals surface area contributed by atoms with Crippen molar-refractivity contribution in [1.82, 2.24) is 9.97 Å². The third kappa shape index (κ3) is 3.82. The molecule has 0 saturated heterocycles. The fraction of sp³-hybridized carbons (Fsp3) is 0.0833. The van der Waals surface area contributed by atoms with Crippen molar-refractivity contribution in [3.63, 3.8) is 0 Å². The number of carbonyl (C=O) groups excluding carboxylic acids is 1. The lowest BCUT2D eigenvalue weighted by molar-refractivity contribution is -0.137. The molecule has 5 nitrogen and oxygen atoms in total. The molecule has 2 heterocycles. The number of aromatic nitrogens is 2. The van der Waals surface area contributed by atoms with E-state index in [4.69, 9.17) is 17.3 Å². The van der Waals surface area contributed by atoms with E-state index in [0.29, 0.717) is 0 Å². The zero-order valence-corrected chi connectivity index (χ0v) is 11.0. The summed E-state index contributed by atoms with van der Waals surface area (Å²) in [6.07, 6.45) is -3.57. The Bertz CT molecular complexity index is 670. The number of alkyl halides is 3. The van der Waals surface area contributed by atoms with Gasteiger partial charge in [0.15, 0.2) is 0 Å². The molecule has 0 aliphatic heterocycles. The van der Waals surface area contributed by atoms with Crippen molar-refractivity contribution in [2.75, 3.05) is 11.1 Å². The van der Waals surface area contributed by atoms with E-state index < -0.39 is 17.6 Å². The zero-order chi connectivity index (χ0) is 15.6. The maximum absolute atomic E-state index is 12.6. The van der Waals surface area contributed by atoms with Crippen molar-refractivity contribution < 1.29 is 18.0 Å². The lowest BCUT2D eigenvalue weighted by atomic mass is 10.2. The molecule has 0 aromatic carbocycles. The second kappa shape index (κ2) is 5.57. The topological polar surface area (TPSA) is 80.9 Å². The van der Waals surface area contributed by atoms with E-state index in [-0.39, 0.29) is 22.4 Å². The molecule has 2 aromatic heterocycles. The van der Waals surface area contributed by atoms with Crippen LogP contribution in [0.2, 0.25) is 5.15 Å². The van der Waals surface area contributed by atoms with Gasteiger partial charge >= 0.3 is 6.18 Å². The predicted octanol–water partition coefficient (Wildman–Crippen LogP) is 2.98. The van der Waals surface area contributed by atoms with Gasteiger partial charge in [-0.25, -0.2) is 9.97 Å². The average Bonchev–Trinajstić information content (AvgIpc) is 2.37. The molecule has 0 aliphatic carbocycles. The minimum absolute atomic E-state index is 0.00264. The highest BCUT2D eigenvalue weighted by Crippen LogP contribution is 2.30. The number of nitrogen functional groups attached to an aromatic ring is 1. The van der Waals surface area contributed by atoms with Crippen LogP contribution in [-0.4, -0.2) is 15.9 Å². The van der Waals surface area contributed by atoms with Crippen LogP contribution in [0.25, 0.3) is 0 Å². The van der Waals surface area contributed by atoms with Gasteiger partial charge in [0.2, 0.25) is 0 Å². The van der Waals surface area contributed by atoms with Gasteiger partial charge < -0.3 is 11.1 Å². The number of anilines is 2. The van der Waals surface area contributed by atoms with Crippen molar-refractivity contribution in [3.05, 3.63) is 46.7 Å². The number of nitrogens with two attached hydrogens (primary N) is 1. The molecule has 9 heteroatoms. The number of hydrogen-bond acceptors (Lipinski definition) is 4. The maximum Gasteiger partial charge on any atom is 0.416 e. The lowest BCUT2D eigenvalue weighted by Gasteiger charge is -2.09. The Morgan fingerprint density at radius 2 is 2.00 bits per heavy atom. The highest BCUT2D eigenvalue weighted by Gasteiger charge is 2.30. The minimum atomic E-state index is -4.52. The second-order valence-corrected chi connectivity index (χ2v) is 4.37. The molecule has 110 valence electrons. The molecular weight excluding hydrogens is 309 g/mol. The molecule has 0 atom stereocenters. The van der Waals surface area contributed by atoms with E-state index in [9.17, 15) is 18.0 Å². The molecule has 0 aliphatic rings. The Hall–Kier alpha value is -2.35. The maximum atomic E-state index is 12.6. The summed E-state index contributed by atoms with van der Waals surface area (Å²) in [7, 11) is 0. The van der Waals surface area contributed by atoms with Crippen LogP contribution in [0.4, 0.5) is 24.8 Å². The Kier molecular flexibility index (Phi) is 3.99. The van der Waals surface area contributed by atoms with Crippen molar-refractivity contribution in [2.45, 2.75) is 6.18 Å². The number of halogens is 4. The van der Waals surface area contributed by atoms with Crippen LogP contribution in [-0.2, 0) is 6.18 Å². The monoisotopic (exact) mass is 316 g/mol. The smallest absolute Gasteiger partial charge is 0.384 e. The standard InChI is InChI=1S/C12H8ClF3N4O/c13-8-3-6(4-9(17)19-8)11(21)20-10-5-7(1-2-18-10)12(14,15)16/h1-5H,(H2,17,19)(H,18,20,21). The summed E-state index contributed by atoms with van der Waals surface area (Å²) in [5, 5.41) is 2.23. The van der Waals surface area contributed by atoms with Gasteiger partial charge in [-0.15, -0.1) is 0 Å². The first-order chi connectivity index (χ1) is 9.75. The van der Waals surface area contributed by atoms with Gasteiger partial charge in [-0.05, 0) is 24.3 Å². The SMILES string of the molecule is Nc1cc(C(=O)Nc2cc(C(F)(F)F)ccn2)cc(Cl)n1. The number of nitrogens with zero attached hydrogens (tertiary/aromatic N) is 2. The molecule has 1 amide bonds. The van der Waals surface area contributed by atoms with Crippen molar-refractivity contribution in [2.24, 2.45) is 0 Å². The number of carbonyl (C=O) groups is 1. The number of pyridine rings is 2. The quantitative estimate of drug-likeness (QED) is 0.835. The molecule has 0 radical (unpaired) electrons. The Morgan fingerprint density at radius 3 is 2.62 bits per heavy atom. The van der Waals surface area contributed by atoms with Crippen LogP contribution < -0.4 is 11.1 Å². The number of amides is 1. The largest absolute Gasteiger partial charge is 0.416 e. The third-order valence-electron chi connectivity index (χ3n) is 2.40. The Morgan fingerprint density at radius 1 is 1.29 bits per heavy atom. The van der Waals surface area contributed by atoms with E-state index in [2.05, 4.69) is 15.3 Å². The summed E-state index contributed by atoms with van der Waals surface area (Å²) in [6, 6.07) is 4.01. The molecule has 0 fully saturated rings. The van der Waals surface area contributed by atoms with Crippen LogP contribution in [0.5, 0.6) is 0 Å². The van der Waals surface area contributed by atoms with Gasteiger partial charge in [-0.3, -0.25) is 4.79 Å². The van der Waals surface area contributed by atoms with Gasteiger partial charge in [0.05, 0.1) is 5.56 Å². The number of hydrogen-bond donors (Lipinski definition) is 2. The van der Waals surface area contributed by atoms with Crippen LogP contribution >= 0.6 is 11.6 Å². The second-order valence-electron chi connectivity index (χ2n) is 3.99. The third-order valence-corrected chi connectivity index (χ3v) is 2.60. The van der Waals surface area contributed by atoms with Gasteiger partial charge in [-0.2, -0.15) is 13.2 Å². The van der Waals surface area contributed by atoms with Crippen molar-refractivity contribution in [3.8, 4) is 0 Å². The van der Waals surface area contributed by atoms with Crippen LogP contribution in [0.15, 0.2) is 30.5 Å².